The van der Waals surface area contributed by atoms with Gasteiger partial charge in [-0.05, 0) is 12.5 Å². The number of hydrogen-bond acceptors (Lipinski definition) is 3. The molecule has 0 aromatic carbocycles. The summed E-state index contributed by atoms with van der Waals surface area (Å²) in [6.45, 7) is 0. The third-order valence-electron chi connectivity index (χ3n) is 0.757. The van der Waals surface area contributed by atoms with Crippen LogP contribution < -0.4 is 0 Å². The predicted molar refractivity (Wildman–Crippen MR) is 36.2 cm³/mol. The Hall–Kier alpha value is -0.680. The predicted octanol–water partition coefficient (Wildman–Crippen LogP) is 0.0194. The van der Waals surface area contributed by atoms with E-state index in [9.17, 15) is 13.2 Å². The zero-order valence-corrected chi connectivity index (χ0v) is 6.04. The molecule has 0 spiro atoms. The van der Waals surface area contributed by atoms with Crippen LogP contribution in [0.25, 0.3) is 0 Å². The number of carbonyl (C=O) groups is 1. The van der Waals surface area contributed by atoms with Crippen molar-refractivity contribution < 1.29 is 17.8 Å². The van der Waals surface area contributed by atoms with Crippen molar-refractivity contribution in [3.05, 3.63) is 12.2 Å². The smallest absolute Gasteiger partial charge is 0.265 e. The quantitative estimate of drug-likeness (QED) is 0.361. The molecule has 0 bridgehead atoms. The van der Waals surface area contributed by atoms with Crippen molar-refractivity contribution in [3.8, 4) is 0 Å². The van der Waals surface area contributed by atoms with Gasteiger partial charge in [-0.1, -0.05) is 6.08 Å². The van der Waals surface area contributed by atoms with Crippen LogP contribution in [0.3, 0.4) is 0 Å². The molecule has 10 heavy (non-hydrogen) atoms. The van der Waals surface area contributed by atoms with Crippen LogP contribution in [0.15, 0.2) is 12.2 Å². The fourth-order valence-corrected chi connectivity index (χ4v) is 0.803. The minimum Gasteiger partial charge on any atom is -0.299 e. The summed E-state index contributed by atoms with van der Waals surface area (Å²) in [5.41, 5.74) is 0. The molecule has 0 aromatic heterocycles. The molecule has 0 radical (unpaired) electrons. The van der Waals surface area contributed by atoms with Crippen LogP contribution in [0.5, 0.6) is 0 Å². The van der Waals surface area contributed by atoms with Crippen molar-refractivity contribution in [1.29, 1.82) is 0 Å². The summed E-state index contributed by atoms with van der Waals surface area (Å²) in [6.07, 6.45) is 3.27. The molecule has 58 valence electrons. The van der Waals surface area contributed by atoms with Gasteiger partial charge in [-0.15, -0.1) is 0 Å². The number of rotatable bonds is 4. The zero-order valence-electron chi connectivity index (χ0n) is 5.23. The van der Waals surface area contributed by atoms with Gasteiger partial charge in [-0.2, -0.15) is 8.42 Å². The molecular weight excluding hydrogens is 156 g/mol. The van der Waals surface area contributed by atoms with Gasteiger partial charge in [0.15, 0.2) is 0 Å². The van der Waals surface area contributed by atoms with E-state index in [2.05, 4.69) is 0 Å². The second-order valence-corrected chi connectivity index (χ2v) is 3.21. The van der Waals surface area contributed by atoms with E-state index in [1.54, 1.807) is 0 Å². The van der Waals surface area contributed by atoms with E-state index in [1.165, 1.54) is 12.2 Å². The molecule has 0 aromatic rings. The highest BCUT2D eigenvalue weighted by atomic mass is 32.2. The van der Waals surface area contributed by atoms with Crippen molar-refractivity contribution in [3.63, 3.8) is 0 Å². The highest BCUT2D eigenvalue weighted by molar-refractivity contribution is 7.85. The summed E-state index contributed by atoms with van der Waals surface area (Å²) in [7, 11) is -3.87. The van der Waals surface area contributed by atoms with E-state index in [-0.39, 0.29) is 12.2 Å². The molecule has 0 aliphatic heterocycles. The first kappa shape index (κ1) is 9.32. The van der Waals surface area contributed by atoms with Gasteiger partial charge in [-0.25, -0.2) is 0 Å². The average Bonchev–Trinajstić information content (AvgIpc) is 1.78. The van der Waals surface area contributed by atoms with Crippen LogP contribution in [-0.4, -0.2) is 25.0 Å². The molecule has 5 heteroatoms. The van der Waals surface area contributed by atoms with Gasteiger partial charge in [0.25, 0.3) is 10.1 Å². The lowest BCUT2D eigenvalue weighted by atomic mass is 10.4. The Balaban J connectivity index is 3.57. The standard InChI is InChI=1S/C5H8O4S/c6-4-2-1-3-5-10(7,8)9/h1-2,4H,3,5H2,(H,7,8,9). The Morgan fingerprint density at radius 3 is 2.40 bits per heavy atom. The summed E-state index contributed by atoms with van der Waals surface area (Å²) < 4.78 is 28.2. The molecule has 0 saturated carbocycles. The van der Waals surface area contributed by atoms with Gasteiger partial charge in [0.2, 0.25) is 0 Å². The minimum atomic E-state index is -3.87. The first-order valence-corrected chi connectivity index (χ1v) is 4.22. The van der Waals surface area contributed by atoms with E-state index in [0.29, 0.717) is 6.29 Å². The molecule has 0 aliphatic carbocycles. The normalized spacial score (nSPS) is 12.1. The Kier molecular flexibility index (Phi) is 3.90. The fraction of sp³-hybridized carbons (Fsp3) is 0.400. The highest BCUT2D eigenvalue weighted by Crippen LogP contribution is 1.88. The van der Waals surface area contributed by atoms with E-state index in [0.717, 1.165) is 0 Å². The largest absolute Gasteiger partial charge is 0.299 e. The average molecular weight is 164 g/mol. The minimum absolute atomic E-state index is 0.164. The third kappa shape index (κ3) is 7.32. The zero-order chi connectivity index (χ0) is 8.04. The Morgan fingerprint density at radius 2 is 2.00 bits per heavy atom. The van der Waals surface area contributed by atoms with E-state index in [4.69, 9.17) is 4.55 Å². The third-order valence-corrected chi connectivity index (χ3v) is 1.51. The summed E-state index contributed by atoms with van der Waals surface area (Å²) >= 11 is 0. The van der Waals surface area contributed by atoms with Crippen molar-refractivity contribution in [2.24, 2.45) is 0 Å². The molecule has 0 amide bonds. The first-order valence-electron chi connectivity index (χ1n) is 2.62. The topological polar surface area (TPSA) is 71.4 Å². The molecule has 0 heterocycles. The molecular formula is C5H8O4S. The van der Waals surface area contributed by atoms with Crippen molar-refractivity contribution in [2.45, 2.75) is 6.42 Å². The van der Waals surface area contributed by atoms with Crippen molar-refractivity contribution in [2.75, 3.05) is 5.75 Å². The van der Waals surface area contributed by atoms with E-state index < -0.39 is 10.1 Å². The van der Waals surface area contributed by atoms with Crippen LogP contribution in [0.1, 0.15) is 6.42 Å². The number of hydrogen-bond donors (Lipinski definition) is 1. The molecule has 0 fully saturated rings. The molecule has 0 atom stereocenters. The maximum absolute atomic E-state index is 10.0. The Morgan fingerprint density at radius 1 is 1.40 bits per heavy atom. The van der Waals surface area contributed by atoms with Crippen LogP contribution in [0.2, 0.25) is 0 Å². The van der Waals surface area contributed by atoms with Crippen LogP contribution >= 0.6 is 0 Å². The summed E-state index contributed by atoms with van der Waals surface area (Å²) in [6, 6.07) is 0. The van der Waals surface area contributed by atoms with Gasteiger partial charge >= 0.3 is 0 Å². The van der Waals surface area contributed by atoms with Gasteiger partial charge in [0, 0.05) is 0 Å². The highest BCUT2D eigenvalue weighted by Gasteiger charge is 1.99. The Labute approximate surface area is 59.3 Å². The lowest BCUT2D eigenvalue weighted by Gasteiger charge is -1.88. The van der Waals surface area contributed by atoms with Crippen molar-refractivity contribution in [1.82, 2.24) is 0 Å². The van der Waals surface area contributed by atoms with Gasteiger partial charge in [0.05, 0.1) is 5.75 Å². The van der Waals surface area contributed by atoms with Gasteiger partial charge < -0.3 is 0 Å². The number of carbonyl (C=O) groups excluding carboxylic acids is 1. The van der Waals surface area contributed by atoms with Crippen molar-refractivity contribution >= 4 is 16.4 Å². The lowest BCUT2D eigenvalue weighted by Crippen LogP contribution is -2.01. The Bertz CT molecular complexity index is 214. The lowest BCUT2D eigenvalue weighted by molar-refractivity contribution is -0.104. The second kappa shape index (κ2) is 4.19. The van der Waals surface area contributed by atoms with E-state index >= 15 is 0 Å². The monoisotopic (exact) mass is 164 g/mol. The number of aldehydes is 1. The SMILES string of the molecule is O=CC=CCCS(=O)(=O)O. The summed E-state index contributed by atoms with van der Waals surface area (Å²) in [5, 5.41) is 0. The van der Waals surface area contributed by atoms with Crippen LogP contribution in [0, 0.1) is 0 Å². The summed E-state index contributed by atoms with van der Waals surface area (Å²) in [5.74, 6) is -0.336. The fourth-order valence-electron chi connectivity index (χ4n) is 0.369. The molecule has 0 saturated heterocycles. The van der Waals surface area contributed by atoms with Gasteiger partial charge in [-0.3, -0.25) is 9.35 Å². The second-order valence-electron chi connectivity index (χ2n) is 1.64. The van der Waals surface area contributed by atoms with Crippen LogP contribution in [0.4, 0.5) is 0 Å². The van der Waals surface area contributed by atoms with E-state index in [1.807, 2.05) is 0 Å². The number of allylic oxidation sites excluding steroid dienone is 2. The maximum Gasteiger partial charge on any atom is 0.265 e. The molecule has 0 rings (SSSR count). The first-order chi connectivity index (χ1) is 4.56. The maximum atomic E-state index is 10.0. The molecule has 4 nitrogen and oxygen atoms in total. The molecule has 1 N–H and O–H groups in total. The summed E-state index contributed by atoms with van der Waals surface area (Å²) in [4.78, 5) is 9.63. The molecule has 0 unspecified atom stereocenters. The molecule has 0 aliphatic rings. The van der Waals surface area contributed by atoms with Gasteiger partial charge in [0.1, 0.15) is 6.29 Å². The van der Waals surface area contributed by atoms with Crippen LogP contribution in [-0.2, 0) is 14.9 Å².